The second-order valence-electron chi connectivity index (χ2n) is 6.23. The Morgan fingerprint density at radius 1 is 1.14 bits per heavy atom. The van der Waals surface area contributed by atoms with Crippen molar-refractivity contribution in [3.63, 3.8) is 0 Å². The smallest absolute Gasteiger partial charge is 0.129 e. The molecule has 120 valence electrons. The summed E-state index contributed by atoms with van der Waals surface area (Å²) in [5.74, 6) is 1.80. The van der Waals surface area contributed by atoms with Crippen molar-refractivity contribution in [3.05, 3.63) is 23.4 Å². The second kappa shape index (κ2) is 9.04. The van der Waals surface area contributed by atoms with Crippen molar-refractivity contribution in [2.45, 2.75) is 66.5 Å². The molecule has 0 amide bonds. The molecule has 1 rings (SSSR count). The Morgan fingerprint density at radius 2 is 1.81 bits per heavy atom. The molecule has 3 nitrogen and oxygen atoms in total. The molecule has 0 saturated carbocycles. The lowest BCUT2D eigenvalue weighted by atomic mass is 10.1. The maximum Gasteiger partial charge on any atom is 0.129 e. The maximum absolute atomic E-state index is 4.90. The van der Waals surface area contributed by atoms with Crippen LogP contribution >= 0.6 is 0 Å². The van der Waals surface area contributed by atoms with Gasteiger partial charge in [0.25, 0.3) is 0 Å². The molecule has 0 fully saturated rings. The van der Waals surface area contributed by atoms with Crippen LogP contribution in [-0.2, 0) is 13.0 Å². The van der Waals surface area contributed by atoms with Crippen LogP contribution in [0, 0.1) is 5.92 Å². The van der Waals surface area contributed by atoms with Crippen molar-refractivity contribution in [2.24, 2.45) is 5.92 Å². The highest BCUT2D eigenvalue weighted by Crippen LogP contribution is 2.22. The van der Waals surface area contributed by atoms with Gasteiger partial charge in [-0.05, 0) is 49.9 Å². The molecule has 1 heterocycles. The Balaban J connectivity index is 3.17. The molecular weight excluding hydrogens is 258 g/mol. The van der Waals surface area contributed by atoms with Crippen LogP contribution in [0.3, 0.4) is 0 Å². The average molecular weight is 291 g/mol. The van der Waals surface area contributed by atoms with Gasteiger partial charge in [0.2, 0.25) is 0 Å². The van der Waals surface area contributed by atoms with Gasteiger partial charge in [-0.2, -0.15) is 0 Å². The van der Waals surface area contributed by atoms with Gasteiger partial charge in [0.05, 0.1) is 0 Å². The van der Waals surface area contributed by atoms with E-state index in [4.69, 9.17) is 4.98 Å². The van der Waals surface area contributed by atoms with E-state index >= 15 is 0 Å². The van der Waals surface area contributed by atoms with Crippen molar-refractivity contribution in [3.8, 4) is 0 Å². The minimum Gasteiger partial charge on any atom is -0.353 e. The first-order valence-corrected chi connectivity index (χ1v) is 8.46. The fraction of sp³-hybridized carbons (Fsp3) is 0.722. The fourth-order valence-electron chi connectivity index (χ4n) is 2.82. The normalized spacial score (nSPS) is 11.4. The van der Waals surface area contributed by atoms with Gasteiger partial charge in [-0.1, -0.05) is 34.6 Å². The standard InChI is InChI=1S/C18H33N3/c1-7-16-10-15(12-19-6)11-18(20-16)21(13-14(4)5)17(8-2)9-3/h10-11,14,17,19H,7-9,12-13H2,1-6H3. The van der Waals surface area contributed by atoms with E-state index in [9.17, 15) is 0 Å². The molecule has 0 aliphatic heterocycles. The Hall–Kier alpha value is -1.09. The number of pyridine rings is 1. The first-order valence-electron chi connectivity index (χ1n) is 8.46. The van der Waals surface area contributed by atoms with Gasteiger partial charge in [0, 0.05) is 24.8 Å². The Kier molecular flexibility index (Phi) is 7.73. The molecule has 1 aromatic rings. The Bertz CT molecular complexity index is 411. The first-order chi connectivity index (χ1) is 10.0. The monoisotopic (exact) mass is 291 g/mol. The molecule has 0 aliphatic rings. The van der Waals surface area contributed by atoms with E-state index in [0.717, 1.165) is 25.3 Å². The first kappa shape index (κ1) is 18.0. The Labute approximate surface area is 131 Å². The number of aromatic nitrogens is 1. The SMILES string of the molecule is CCc1cc(CNC)cc(N(CC(C)C)C(CC)CC)n1. The minimum atomic E-state index is 0.578. The number of rotatable bonds is 9. The van der Waals surface area contributed by atoms with Crippen LogP contribution < -0.4 is 10.2 Å². The summed E-state index contributed by atoms with van der Waals surface area (Å²) in [5, 5.41) is 3.25. The zero-order valence-corrected chi connectivity index (χ0v) is 14.7. The predicted molar refractivity (Wildman–Crippen MR) is 92.9 cm³/mol. The van der Waals surface area contributed by atoms with Gasteiger partial charge in [-0.3, -0.25) is 0 Å². The van der Waals surface area contributed by atoms with Gasteiger partial charge in [-0.25, -0.2) is 4.98 Å². The summed E-state index contributed by atoms with van der Waals surface area (Å²) < 4.78 is 0. The highest BCUT2D eigenvalue weighted by atomic mass is 15.2. The third kappa shape index (κ3) is 5.31. The van der Waals surface area contributed by atoms with E-state index in [2.05, 4.69) is 57.0 Å². The van der Waals surface area contributed by atoms with Crippen LogP contribution in [-0.4, -0.2) is 24.6 Å². The highest BCUT2D eigenvalue weighted by Gasteiger charge is 2.19. The lowest BCUT2D eigenvalue weighted by Gasteiger charge is -2.33. The molecule has 1 N–H and O–H groups in total. The quantitative estimate of drug-likeness (QED) is 0.745. The van der Waals surface area contributed by atoms with Crippen LogP contribution in [0.15, 0.2) is 12.1 Å². The molecule has 1 aromatic heterocycles. The number of anilines is 1. The summed E-state index contributed by atoms with van der Waals surface area (Å²) in [6.45, 7) is 13.3. The van der Waals surface area contributed by atoms with Crippen LogP contribution in [0.4, 0.5) is 5.82 Å². The molecule has 0 aromatic carbocycles. The molecular formula is C18H33N3. The van der Waals surface area contributed by atoms with Crippen LogP contribution in [0.5, 0.6) is 0 Å². The maximum atomic E-state index is 4.90. The summed E-state index contributed by atoms with van der Waals surface area (Å²) in [5.41, 5.74) is 2.52. The third-order valence-electron chi connectivity index (χ3n) is 3.91. The summed E-state index contributed by atoms with van der Waals surface area (Å²) in [6, 6.07) is 5.06. The number of nitrogens with zero attached hydrogens (tertiary/aromatic N) is 2. The highest BCUT2D eigenvalue weighted by molar-refractivity contribution is 5.44. The molecule has 3 heteroatoms. The second-order valence-corrected chi connectivity index (χ2v) is 6.23. The third-order valence-corrected chi connectivity index (χ3v) is 3.91. The van der Waals surface area contributed by atoms with Crippen molar-refractivity contribution in [2.75, 3.05) is 18.5 Å². The zero-order valence-electron chi connectivity index (χ0n) is 14.7. The molecule has 0 radical (unpaired) electrons. The molecule has 0 spiro atoms. The van der Waals surface area contributed by atoms with Gasteiger partial charge in [-0.15, -0.1) is 0 Å². The van der Waals surface area contributed by atoms with Crippen molar-refractivity contribution < 1.29 is 0 Å². The lowest BCUT2D eigenvalue weighted by Crippen LogP contribution is -2.38. The fourth-order valence-corrected chi connectivity index (χ4v) is 2.82. The minimum absolute atomic E-state index is 0.578. The molecule has 0 saturated heterocycles. The summed E-state index contributed by atoms with van der Waals surface area (Å²) in [7, 11) is 2.00. The van der Waals surface area contributed by atoms with Crippen LogP contribution in [0.25, 0.3) is 0 Å². The molecule has 21 heavy (non-hydrogen) atoms. The summed E-state index contributed by atoms with van der Waals surface area (Å²) in [6.07, 6.45) is 3.33. The van der Waals surface area contributed by atoms with Crippen LogP contribution in [0.1, 0.15) is 58.7 Å². The number of hydrogen-bond donors (Lipinski definition) is 1. The van der Waals surface area contributed by atoms with Crippen molar-refractivity contribution in [1.29, 1.82) is 0 Å². The number of nitrogens with one attached hydrogen (secondary N) is 1. The molecule has 0 atom stereocenters. The van der Waals surface area contributed by atoms with E-state index in [1.165, 1.54) is 24.1 Å². The molecule has 0 aliphatic carbocycles. The van der Waals surface area contributed by atoms with Gasteiger partial charge >= 0.3 is 0 Å². The van der Waals surface area contributed by atoms with Gasteiger partial charge < -0.3 is 10.2 Å². The largest absolute Gasteiger partial charge is 0.353 e. The average Bonchev–Trinajstić information content (AvgIpc) is 2.47. The van der Waals surface area contributed by atoms with E-state index in [1.54, 1.807) is 0 Å². The van der Waals surface area contributed by atoms with Crippen LogP contribution in [0.2, 0.25) is 0 Å². The number of hydrogen-bond acceptors (Lipinski definition) is 3. The summed E-state index contributed by atoms with van der Waals surface area (Å²) in [4.78, 5) is 7.42. The topological polar surface area (TPSA) is 28.2 Å². The van der Waals surface area contributed by atoms with E-state index in [0.29, 0.717) is 12.0 Å². The van der Waals surface area contributed by atoms with Crippen molar-refractivity contribution in [1.82, 2.24) is 10.3 Å². The van der Waals surface area contributed by atoms with Gasteiger partial charge in [0.1, 0.15) is 5.82 Å². The lowest BCUT2D eigenvalue weighted by molar-refractivity contribution is 0.502. The number of aryl methyl sites for hydroxylation is 1. The van der Waals surface area contributed by atoms with Gasteiger partial charge in [0.15, 0.2) is 0 Å². The van der Waals surface area contributed by atoms with E-state index < -0.39 is 0 Å². The molecule has 0 bridgehead atoms. The van der Waals surface area contributed by atoms with E-state index in [1.807, 2.05) is 7.05 Å². The Morgan fingerprint density at radius 3 is 2.29 bits per heavy atom. The van der Waals surface area contributed by atoms with E-state index in [-0.39, 0.29) is 0 Å². The molecule has 0 unspecified atom stereocenters. The summed E-state index contributed by atoms with van der Waals surface area (Å²) >= 11 is 0. The zero-order chi connectivity index (χ0) is 15.8. The predicted octanol–water partition coefficient (Wildman–Crippen LogP) is 4.01. The van der Waals surface area contributed by atoms with Crippen molar-refractivity contribution >= 4 is 5.82 Å².